The van der Waals surface area contributed by atoms with Crippen LogP contribution in [0.4, 0.5) is 10.1 Å². The highest BCUT2D eigenvalue weighted by molar-refractivity contribution is 7.92. The van der Waals surface area contributed by atoms with Crippen molar-refractivity contribution in [3.63, 3.8) is 0 Å². The van der Waals surface area contributed by atoms with Gasteiger partial charge in [-0.15, -0.1) is 0 Å². The van der Waals surface area contributed by atoms with Crippen LogP contribution in [0.25, 0.3) is 28.1 Å². The van der Waals surface area contributed by atoms with Gasteiger partial charge in [0.2, 0.25) is 10.0 Å². The van der Waals surface area contributed by atoms with Crippen LogP contribution in [0.1, 0.15) is 45.8 Å². The van der Waals surface area contributed by atoms with Gasteiger partial charge >= 0.3 is 5.97 Å². The molecule has 3 N–H and O–H groups in total. The predicted molar refractivity (Wildman–Crippen MR) is 190 cm³/mol. The number of benzene rings is 3. The minimum atomic E-state index is -3.75. The second-order valence-corrected chi connectivity index (χ2v) is 14.0. The number of hydrogen-bond donors (Lipinski definition) is 3. The molecule has 5 rings (SSSR count). The van der Waals surface area contributed by atoms with Crippen LogP contribution >= 0.6 is 0 Å². The zero-order valence-corrected chi connectivity index (χ0v) is 29.4. The van der Waals surface area contributed by atoms with Crippen molar-refractivity contribution in [3.8, 4) is 11.3 Å². The molecule has 1 aliphatic rings. The lowest BCUT2D eigenvalue weighted by atomic mass is 10.0. The Labute approximate surface area is 299 Å². The number of aliphatic hydroxyl groups is 1. The Balaban J connectivity index is 1.14. The van der Waals surface area contributed by atoms with Gasteiger partial charge in [-0.2, -0.15) is 0 Å². The fourth-order valence-corrected chi connectivity index (χ4v) is 6.45. The summed E-state index contributed by atoms with van der Waals surface area (Å²) in [5, 5.41) is 21.7. The summed E-state index contributed by atoms with van der Waals surface area (Å²) >= 11 is 0. The molecule has 0 aliphatic heterocycles. The van der Waals surface area contributed by atoms with Crippen molar-refractivity contribution >= 4 is 50.1 Å². The molecule has 4 aromatic rings. The number of amides is 1. The topological polar surface area (TPSA) is 182 Å². The van der Waals surface area contributed by atoms with E-state index in [-0.39, 0.29) is 74.9 Å². The van der Waals surface area contributed by atoms with E-state index in [9.17, 15) is 32.3 Å². The van der Waals surface area contributed by atoms with Crippen LogP contribution in [0.3, 0.4) is 0 Å². The Morgan fingerprint density at radius 2 is 1.58 bits per heavy atom. The van der Waals surface area contributed by atoms with Gasteiger partial charge in [-0.3, -0.25) is 13.9 Å². The van der Waals surface area contributed by atoms with E-state index >= 15 is 0 Å². The molecule has 15 heteroatoms. The highest BCUT2D eigenvalue weighted by atomic mass is 32.2. The van der Waals surface area contributed by atoms with E-state index in [1.807, 2.05) is 6.07 Å². The van der Waals surface area contributed by atoms with Crippen LogP contribution in [-0.4, -0.2) is 89.2 Å². The summed E-state index contributed by atoms with van der Waals surface area (Å²) < 4.78 is 64.1. The van der Waals surface area contributed by atoms with Gasteiger partial charge in [0.1, 0.15) is 22.9 Å². The molecule has 52 heavy (non-hydrogen) atoms. The number of anilines is 1. The molecular weight excluding hydrogens is 699 g/mol. The summed E-state index contributed by atoms with van der Waals surface area (Å²) in [6.45, 7) is 1.40. The van der Waals surface area contributed by atoms with Crippen molar-refractivity contribution in [2.75, 3.05) is 57.2 Å². The Bertz CT molecular complexity index is 2060. The number of furan rings is 1. The Morgan fingerprint density at radius 1 is 0.942 bits per heavy atom. The third kappa shape index (κ3) is 9.61. The lowest BCUT2D eigenvalue weighted by Crippen LogP contribution is -2.34. The first-order valence-corrected chi connectivity index (χ1v) is 18.3. The molecule has 1 aromatic heterocycles. The Hall–Kier alpha value is -5.09. The van der Waals surface area contributed by atoms with Crippen molar-refractivity contribution < 1.29 is 56.0 Å². The van der Waals surface area contributed by atoms with Crippen molar-refractivity contribution in [1.82, 2.24) is 5.32 Å². The SMILES string of the molecule is CNC(=O)c1c(-c2ccc(F)cc2)oc2cc(N(CCOCCOCCOCc3ccc(C(O)=CC(=O)C(=O)O)cc3)S(C)(=O)=O)c(C3CC3)cc12. The summed E-state index contributed by atoms with van der Waals surface area (Å²) in [4.78, 5) is 34.9. The zero-order valence-electron chi connectivity index (χ0n) is 28.6. The predicted octanol–water partition coefficient (Wildman–Crippen LogP) is 5.04. The van der Waals surface area contributed by atoms with Gasteiger partial charge in [0.05, 0.1) is 63.7 Å². The number of halogens is 1. The first kappa shape index (κ1) is 38.1. The average molecular weight is 739 g/mol. The van der Waals surface area contributed by atoms with Crippen LogP contribution in [0.2, 0.25) is 0 Å². The first-order valence-electron chi connectivity index (χ1n) is 16.4. The van der Waals surface area contributed by atoms with Gasteiger partial charge in [-0.25, -0.2) is 17.6 Å². The molecule has 0 spiro atoms. The zero-order chi connectivity index (χ0) is 37.4. The summed E-state index contributed by atoms with van der Waals surface area (Å²) in [6.07, 6.45) is 3.51. The smallest absolute Gasteiger partial charge is 0.376 e. The lowest BCUT2D eigenvalue weighted by molar-refractivity contribution is -0.146. The second-order valence-electron chi connectivity index (χ2n) is 12.1. The van der Waals surface area contributed by atoms with Crippen LogP contribution in [0.15, 0.2) is 71.2 Å². The van der Waals surface area contributed by atoms with E-state index < -0.39 is 33.4 Å². The molecule has 1 saturated carbocycles. The number of nitrogens with one attached hydrogen (secondary N) is 1. The number of nitrogens with zero attached hydrogens (tertiary/aromatic N) is 1. The minimum Gasteiger partial charge on any atom is -0.507 e. The molecule has 1 heterocycles. The number of aliphatic hydroxyl groups excluding tert-OH is 1. The van der Waals surface area contributed by atoms with Crippen molar-refractivity contribution in [2.24, 2.45) is 0 Å². The van der Waals surface area contributed by atoms with Crippen molar-refractivity contribution in [2.45, 2.75) is 25.4 Å². The molecule has 0 radical (unpaired) electrons. The molecule has 1 fully saturated rings. The number of ketones is 1. The monoisotopic (exact) mass is 738 g/mol. The maximum atomic E-state index is 13.7. The molecule has 1 aliphatic carbocycles. The molecular formula is C37H39FN2O11S. The second kappa shape index (κ2) is 17.0. The number of ether oxygens (including phenoxy) is 3. The van der Waals surface area contributed by atoms with Gasteiger partial charge in [0.15, 0.2) is 0 Å². The van der Waals surface area contributed by atoms with E-state index in [4.69, 9.17) is 23.7 Å². The van der Waals surface area contributed by atoms with Crippen LogP contribution in [-0.2, 0) is 40.4 Å². The van der Waals surface area contributed by atoms with Crippen molar-refractivity contribution in [1.29, 1.82) is 0 Å². The molecule has 0 atom stereocenters. The van der Waals surface area contributed by atoms with E-state index in [1.54, 1.807) is 18.2 Å². The Kier molecular flexibility index (Phi) is 12.4. The number of rotatable bonds is 19. The highest BCUT2D eigenvalue weighted by Gasteiger charge is 2.33. The van der Waals surface area contributed by atoms with Crippen molar-refractivity contribution in [3.05, 3.63) is 94.8 Å². The van der Waals surface area contributed by atoms with E-state index in [1.165, 1.54) is 47.8 Å². The Morgan fingerprint density at radius 3 is 2.17 bits per heavy atom. The number of fused-ring (bicyclic) bond motifs is 1. The summed E-state index contributed by atoms with van der Waals surface area (Å²) in [7, 11) is -2.24. The average Bonchev–Trinajstić information content (AvgIpc) is 3.90. The van der Waals surface area contributed by atoms with Gasteiger partial charge in [0, 0.05) is 35.7 Å². The maximum Gasteiger partial charge on any atom is 0.376 e. The van der Waals surface area contributed by atoms with Crippen LogP contribution in [0.5, 0.6) is 0 Å². The number of carboxylic acids is 1. The number of sulfonamides is 1. The van der Waals surface area contributed by atoms with E-state index in [2.05, 4.69) is 5.32 Å². The summed E-state index contributed by atoms with van der Waals surface area (Å²) in [5.41, 5.74) is 3.43. The maximum absolute atomic E-state index is 13.7. The number of carboxylic acid groups (broad SMARTS) is 1. The minimum absolute atomic E-state index is 0.0310. The summed E-state index contributed by atoms with van der Waals surface area (Å²) in [6, 6.07) is 15.5. The molecule has 3 aromatic carbocycles. The third-order valence-electron chi connectivity index (χ3n) is 8.26. The number of aliphatic carboxylic acids is 1. The van der Waals surface area contributed by atoms with E-state index in [0.29, 0.717) is 28.3 Å². The molecule has 1 amide bonds. The highest BCUT2D eigenvalue weighted by Crippen LogP contribution is 2.48. The van der Waals surface area contributed by atoms with Crippen LogP contribution in [0, 0.1) is 5.82 Å². The standard InChI is InChI=1S/C37H39FN2O11S/c1-39-36(43)34-29-19-28(24-7-8-24)30(20-33(29)51-35(34)26-9-11-27(38)12-10-26)40(52(2,46)47)13-14-48-15-16-49-17-18-50-22-23-3-5-25(6-4-23)31(41)21-32(42)37(44)45/h3-6,9-12,19-21,24,41H,7-8,13-18,22H2,1-2H3,(H,39,43)(H,44,45). The molecule has 276 valence electrons. The van der Waals surface area contributed by atoms with Gasteiger partial charge in [-0.1, -0.05) is 24.3 Å². The lowest BCUT2D eigenvalue weighted by Gasteiger charge is -2.25. The van der Waals surface area contributed by atoms with E-state index in [0.717, 1.165) is 30.2 Å². The first-order chi connectivity index (χ1) is 24.9. The normalized spacial score (nSPS) is 13.3. The van der Waals surface area contributed by atoms with Gasteiger partial charge in [-0.05, 0) is 60.2 Å². The van der Waals surface area contributed by atoms with Crippen LogP contribution < -0.4 is 9.62 Å². The number of carbonyl (C=O) groups excluding carboxylic acids is 2. The molecule has 0 saturated heterocycles. The number of hydrogen-bond acceptors (Lipinski definition) is 10. The third-order valence-corrected chi connectivity index (χ3v) is 9.44. The largest absolute Gasteiger partial charge is 0.507 e. The fourth-order valence-electron chi connectivity index (χ4n) is 5.52. The number of carbonyl (C=O) groups is 3. The molecule has 0 bridgehead atoms. The summed E-state index contributed by atoms with van der Waals surface area (Å²) in [5.74, 6) is -3.77. The fraction of sp³-hybridized carbons (Fsp3) is 0.324. The van der Waals surface area contributed by atoms with Gasteiger partial charge in [0.25, 0.3) is 11.7 Å². The quantitative estimate of drug-likeness (QED) is 0.0507. The molecule has 13 nitrogen and oxygen atoms in total. The molecule has 0 unspecified atom stereocenters. The van der Waals surface area contributed by atoms with Gasteiger partial charge < -0.3 is 34.2 Å².